The normalized spacial score (nSPS) is 13.5. The van der Waals surface area contributed by atoms with E-state index in [9.17, 15) is 4.79 Å². The summed E-state index contributed by atoms with van der Waals surface area (Å²) in [5.74, 6) is 0.751. The van der Waals surface area contributed by atoms with E-state index in [0.29, 0.717) is 16.7 Å². The Balaban J connectivity index is 1.53. The molecule has 5 heteroatoms. The second-order valence-corrected chi connectivity index (χ2v) is 6.95. The van der Waals surface area contributed by atoms with Crippen molar-refractivity contribution in [3.05, 3.63) is 58.4 Å². The number of thiazole rings is 1. The molecule has 3 aromatic rings. The Morgan fingerprint density at radius 2 is 2.00 bits per heavy atom. The number of anilines is 1. The van der Waals surface area contributed by atoms with E-state index in [4.69, 9.17) is 4.42 Å². The van der Waals surface area contributed by atoms with E-state index < -0.39 is 0 Å². The van der Waals surface area contributed by atoms with Crippen molar-refractivity contribution < 1.29 is 9.21 Å². The lowest BCUT2D eigenvalue weighted by molar-refractivity contribution is 0.0995. The summed E-state index contributed by atoms with van der Waals surface area (Å²) in [5.41, 5.74) is 4.91. The van der Waals surface area contributed by atoms with Crippen LogP contribution in [-0.2, 0) is 12.8 Å². The number of nitrogens with zero attached hydrogens (tertiary/aromatic N) is 1. The Labute approximate surface area is 144 Å². The van der Waals surface area contributed by atoms with Crippen LogP contribution in [0.1, 0.15) is 40.3 Å². The van der Waals surface area contributed by atoms with Gasteiger partial charge in [-0.1, -0.05) is 12.1 Å². The van der Waals surface area contributed by atoms with Crippen molar-refractivity contribution in [1.82, 2.24) is 4.98 Å². The SMILES string of the molecule is Cc1ccc(C(=O)Nc2nc(-c3ccc4c(c3)CCCC4)cs2)o1. The monoisotopic (exact) mass is 338 g/mol. The van der Waals surface area contributed by atoms with Crippen molar-refractivity contribution in [2.24, 2.45) is 0 Å². The fourth-order valence-corrected chi connectivity index (χ4v) is 3.79. The zero-order valence-corrected chi connectivity index (χ0v) is 14.3. The third-order valence-corrected chi connectivity index (χ3v) is 5.09. The molecule has 0 aliphatic heterocycles. The van der Waals surface area contributed by atoms with Crippen LogP contribution in [0.5, 0.6) is 0 Å². The molecular weight excluding hydrogens is 320 g/mol. The maximum Gasteiger partial charge on any atom is 0.293 e. The number of hydrogen-bond donors (Lipinski definition) is 1. The van der Waals surface area contributed by atoms with Crippen LogP contribution in [0.25, 0.3) is 11.3 Å². The first-order valence-corrected chi connectivity index (χ1v) is 9.02. The van der Waals surface area contributed by atoms with Gasteiger partial charge in [0.05, 0.1) is 5.69 Å². The highest BCUT2D eigenvalue weighted by Crippen LogP contribution is 2.29. The van der Waals surface area contributed by atoms with Crippen LogP contribution in [0.3, 0.4) is 0 Å². The summed E-state index contributed by atoms with van der Waals surface area (Å²) in [6, 6.07) is 10.0. The number of nitrogens with one attached hydrogen (secondary N) is 1. The van der Waals surface area contributed by atoms with Crippen molar-refractivity contribution in [3.63, 3.8) is 0 Å². The molecule has 0 bridgehead atoms. The highest BCUT2D eigenvalue weighted by molar-refractivity contribution is 7.14. The van der Waals surface area contributed by atoms with Crippen LogP contribution >= 0.6 is 11.3 Å². The minimum absolute atomic E-state index is 0.269. The highest BCUT2D eigenvalue weighted by atomic mass is 32.1. The predicted molar refractivity (Wildman–Crippen MR) is 95.6 cm³/mol. The highest BCUT2D eigenvalue weighted by Gasteiger charge is 2.14. The molecule has 0 atom stereocenters. The van der Waals surface area contributed by atoms with Gasteiger partial charge < -0.3 is 4.42 Å². The van der Waals surface area contributed by atoms with Gasteiger partial charge in [0, 0.05) is 10.9 Å². The van der Waals surface area contributed by atoms with Crippen molar-refractivity contribution in [2.75, 3.05) is 5.32 Å². The summed E-state index contributed by atoms with van der Waals surface area (Å²) < 4.78 is 5.34. The van der Waals surface area contributed by atoms with Gasteiger partial charge in [-0.25, -0.2) is 4.98 Å². The number of carbonyl (C=O) groups excluding carboxylic acids is 1. The van der Waals surface area contributed by atoms with E-state index >= 15 is 0 Å². The smallest absolute Gasteiger partial charge is 0.293 e. The van der Waals surface area contributed by atoms with Gasteiger partial charge in [0.2, 0.25) is 0 Å². The van der Waals surface area contributed by atoms with Crippen molar-refractivity contribution in [3.8, 4) is 11.3 Å². The molecule has 122 valence electrons. The number of carbonyl (C=O) groups is 1. The Bertz CT molecular complexity index is 894. The topological polar surface area (TPSA) is 55.1 Å². The minimum Gasteiger partial charge on any atom is -0.456 e. The fraction of sp³-hybridized carbons (Fsp3) is 0.263. The zero-order chi connectivity index (χ0) is 16.5. The maximum absolute atomic E-state index is 12.1. The van der Waals surface area contributed by atoms with E-state index in [-0.39, 0.29) is 5.91 Å². The zero-order valence-electron chi connectivity index (χ0n) is 13.5. The summed E-state index contributed by atoms with van der Waals surface area (Å²) in [6.45, 7) is 1.81. The average molecular weight is 338 g/mol. The molecule has 0 saturated carbocycles. The summed E-state index contributed by atoms with van der Waals surface area (Å²) in [6.07, 6.45) is 4.87. The predicted octanol–water partition coefficient (Wildman–Crippen LogP) is 4.84. The Kier molecular flexibility index (Phi) is 3.94. The average Bonchev–Trinajstić information content (AvgIpc) is 3.23. The molecule has 1 aliphatic carbocycles. The summed E-state index contributed by atoms with van der Waals surface area (Å²) in [4.78, 5) is 16.7. The molecule has 0 spiro atoms. The standard InChI is InChI=1S/C19H18N2O2S/c1-12-6-9-17(23-12)18(22)21-19-20-16(11-24-19)15-8-7-13-4-2-3-5-14(13)10-15/h6-11H,2-5H2,1H3,(H,20,21,22). The van der Waals surface area contributed by atoms with Crippen molar-refractivity contribution in [1.29, 1.82) is 0 Å². The Morgan fingerprint density at radius 3 is 2.79 bits per heavy atom. The molecule has 4 nitrogen and oxygen atoms in total. The molecule has 24 heavy (non-hydrogen) atoms. The van der Waals surface area contributed by atoms with Gasteiger partial charge in [-0.3, -0.25) is 10.1 Å². The van der Waals surface area contributed by atoms with Gasteiger partial charge in [-0.2, -0.15) is 0 Å². The van der Waals surface area contributed by atoms with E-state index in [1.54, 1.807) is 12.1 Å². The van der Waals surface area contributed by atoms with Gasteiger partial charge in [0.1, 0.15) is 5.76 Å². The number of benzene rings is 1. The molecule has 4 rings (SSSR count). The first kappa shape index (κ1) is 15.1. The quantitative estimate of drug-likeness (QED) is 0.743. The van der Waals surface area contributed by atoms with Gasteiger partial charge >= 0.3 is 0 Å². The fourth-order valence-electron chi connectivity index (χ4n) is 3.07. The molecule has 1 N–H and O–H groups in total. The van der Waals surface area contributed by atoms with E-state index in [1.807, 2.05) is 12.3 Å². The lowest BCUT2D eigenvalue weighted by atomic mass is 9.90. The number of amides is 1. The van der Waals surface area contributed by atoms with Crippen LogP contribution < -0.4 is 5.32 Å². The molecule has 2 aromatic heterocycles. The number of hydrogen-bond acceptors (Lipinski definition) is 4. The van der Waals surface area contributed by atoms with Gasteiger partial charge in [-0.15, -0.1) is 11.3 Å². The largest absolute Gasteiger partial charge is 0.456 e. The number of aryl methyl sites for hydroxylation is 3. The van der Waals surface area contributed by atoms with Crippen LogP contribution in [0, 0.1) is 6.92 Å². The first-order chi connectivity index (χ1) is 11.7. The lowest BCUT2D eigenvalue weighted by Gasteiger charge is -2.16. The molecule has 0 saturated heterocycles. The molecule has 1 amide bonds. The maximum atomic E-state index is 12.1. The van der Waals surface area contributed by atoms with E-state index in [1.165, 1.54) is 41.7 Å². The minimum atomic E-state index is -0.269. The number of fused-ring (bicyclic) bond motifs is 1. The Hall–Kier alpha value is -2.40. The second-order valence-electron chi connectivity index (χ2n) is 6.09. The molecule has 0 radical (unpaired) electrons. The third-order valence-electron chi connectivity index (χ3n) is 4.33. The molecule has 1 aromatic carbocycles. The summed E-state index contributed by atoms with van der Waals surface area (Å²) in [5, 5.41) is 5.36. The molecule has 2 heterocycles. The first-order valence-electron chi connectivity index (χ1n) is 8.14. The van der Waals surface area contributed by atoms with Crippen molar-refractivity contribution >= 4 is 22.4 Å². The number of rotatable bonds is 3. The number of aromatic nitrogens is 1. The summed E-state index contributed by atoms with van der Waals surface area (Å²) >= 11 is 1.43. The van der Waals surface area contributed by atoms with E-state index in [2.05, 4.69) is 28.5 Å². The molecule has 0 unspecified atom stereocenters. The van der Waals surface area contributed by atoms with E-state index in [0.717, 1.165) is 17.7 Å². The molecule has 1 aliphatic rings. The Morgan fingerprint density at radius 1 is 1.17 bits per heavy atom. The number of furan rings is 1. The van der Waals surface area contributed by atoms with Gasteiger partial charge in [-0.05, 0) is 61.9 Å². The van der Waals surface area contributed by atoms with Crippen LogP contribution in [0.15, 0.2) is 40.1 Å². The van der Waals surface area contributed by atoms with Crippen molar-refractivity contribution in [2.45, 2.75) is 32.6 Å². The third kappa shape index (κ3) is 2.99. The van der Waals surface area contributed by atoms with Crippen LogP contribution in [0.4, 0.5) is 5.13 Å². The molecule has 0 fully saturated rings. The van der Waals surface area contributed by atoms with Gasteiger partial charge in [0.15, 0.2) is 10.9 Å². The van der Waals surface area contributed by atoms with Crippen LogP contribution in [0.2, 0.25) is 0 Å². The van der Waals surface area contributed by atoms with Crippen LogP contribution in [-0.4, -0.2) is 10.9 Å². The lowest BCUT2D eigenvalue weighted by Crippen LogP contribution is -2.10. The summed E-state index contributed by atoms with van der Waals surface area (Å²) in [7, 11) is 0. The second kappa shape index (κ2) is 6.24. The van der Waals surface area contributed by atoms with Gasteiger partial charge in [0.25, 0.3) is 5.91 Å². The molecular formula is C19H18N2O2S.